The monoisotopic (exact) mass is 399 g/mol. The third kappa shape index (κ3) is 3.36. The molecule has 0 radical (unpaired) electrons. The Bertz CT molecular complexity index is 1140. The average molecular weight is 400 g/mol. The van der Waals surface area contributed by atoms with E-state index in [2.05, 4.69) is 15.5 Å². The lowest BCUT2D eigenvalue weighted by molar-refractivity contribution is 0.103. The molecule has 0 bridgehead atoms. The van der Waals surface area contributed by atoms with Gasteiger partial charge >= 0.3 is 0 Å². The molecule has 0 unspecified atom stereocenters. The molecule has 0 aliphatic heterocycles. The first-order chi connectivity index (χ1) is 12.9. The molecule has 27 heavy (non-hydrogen) atoms. The van der Waals surface area contributed by atoms with Crippen molar-refractivity contribution < 1.29 is 4.79 Å². The number of amides is 1. The quantitative estimate of drug-likeness (QED) is 0.520. The molecule has 1 aromatic carbocycles. The number of carbonyl (C=O) groups is 1. The number of nitrogens with one attached hydrogen (secondary N) is 1. The van der Waals surface area contributed by atoms with Crippen molar-refractivity contribution in [3.63, 3.8) is 0 Å². The second-order valence-corrected chi connectivity index (χ2v) is 8.03. The number of aromatic nitrogens is 4. The van der Waals surface area contributed by atoms with Gasteiger partial charge in [0.15, 0.2) is 0 Å². The van der Waals surface area contributed by atoms with E-state index in [1.165, 1.54) is 11.3 Å². The number of aryl methyl sites for hydroxylation is 1. The Labute approximate surface area is 165 Å². The van der Waals surface area contributed by atoms with Gasteiger partial charge in [0.25, 0.3) is 5.91 Å². The van der Waals surface area contributed by atoms with E-state index in [0.29, 0.717) is 15.6 Å². The van der Waals surface area contributed by atoms with Crippen LogP contribution in [0.5, 0.6) is 0 Å². The van der Waals surface area contributed by atoms with Crippen molar-refractivity contribution in [3.05, 3.63) is 58.3 Å². The van der Waals surface area contributed by atoms with Crippen molar-refractivity contribution in [2.45, 2.75) is 26.8 Å². The summed E-state index contributed by atoms with van der Waals surface area (Å²) in [5.41, 5.74) is 2.42. The van der Waals surface area contributed by atoms with Crippen molar-refractivity contribution in [1.82, 2.24) is 19.6 Å². The Morgan fingerprint density at radius 2 is 2.11 bits per heavy atom. The van der Waals surface area contributed by atoms with Gasteiger partial charge in [0, 0.05) is 22.6 Å². The SMILES string of the molecule is Cc1nn(-c2cccc(Cl)c2)c2sc(C(=O)Nc3cnn(C(C)C)c3)cc12. The molecule has 4 rings (SSSR count). The van der Waals surface area contributed by atoms with Gasteiger partial charge in [-0.3, -0.25) is 9.48 Å². The van der Waals surface area contributed by atoms with Crippen LogP contribution in [0.1, 0.15) is 35.3 Å². The standard InChI is InChI=1S/C19H18ClN5OS/c1-11(2)24-10-14(9-21-24)22-18(26)17-8-16-12(3)23-25(19(16)27-17)15-6-4-5-13(20)7-15/h4-11H,1-3H3,(H,22,26). The number of benzene rings is 1. The summed E-state index contributed by atoms with van der Waals surface area (Å²) < 4.78 is 3.64. The minimum atomic E-state index is -0.156. The molecule has 6 nitrogen and oxygen atoms in total. The van der Waals surface area contributed by atoms with Crippen molar-refractivity contribution in [3.8, 4) is 5.69 Å². The lowest BCUT2D eigenvalue weighted by Gasteiger charge is -2.04. The van der Waals surface area contributed by atoms with Crippen molar-refractivity contribution in [1.29, 1.82) is 0 Å². The number of carbonyl (C=O) groups excluding carboxylic acids is 1. The van der Waals surface area contributed by atoms with Crippen molar-refractivity contribution >= 4 is 44.7 Å². The first-order valence-corrected chi connectivity index (χ1v) is 9.72. The Morgan fingerprint density at radius 3 is 2.81 bits per heavy atom. The Morgan fingerprint density at radius 1 is 1.30 bits per heavy atom. The number of hydrogen-bond donors (Lipinski definition) is 1. The lowest BCUT2D eigenvalue weighted by Crippen LogP contribution is -2.09. The summed E-state index contributed by atoms with van der Waals surface area (Å²) >= 11 is 7.52. The normalized spacial score (nSPS) is 11.4. The predicted molar refractivity (Wildman–Crippen MR) is 109 cm³/mol. The second-order valence-electron chi connectivity index (χ2n) is 6.56. The largest absolute Gasteiger partial charge is 0.319 e. The van der Waals surface area contributed by atoms with Crippen LogP contribution in [0.4, 0.5) is 5.69 Å². The van der Waals surface area contributed by atoms with Gasteiger partial charge in [0.05, 0.1) is 28.1 Å². The van der Waals surface area contributed by atoms with Crippen LogP contribution in [-0.2, 0) is 0 Å². The number of thiophene rings is 1. The molecular formula is C19H18ClN5OS. The molecule has 0 aliphatic rings. The number of fused-ring (bicyclic) bond motifs is 1. The summed E-state index contributed by atoms with van der Waals surface area (Å²) in [4.78, 5) is 14.2. The molecule has 138 valence electrons. The third-order valence-electron chi connectivity index (χ3n) is 4.21. The van der Waals surface area contributed by atoms with Gasteiger partial charge in [0.1, 0.15) is 4.83 Å². The van der Waals surface area contributed by atoms with Crippen LogP contribution in [-0.4, -0.2) is 25.5 Å². The van der Waals surface area contributed by atoms with E-state index in [4.69, 9.17) is 11.6 Å². The smallest absolute Gasteiger partial charge is 0.265 e. The lowest BCUT2D eigenvalue weighted by atomic mass is 10.3. The molecule has 1 N–H and O–H groups in total. The molecule has 0 spiro atoms. The van der Waals surface area contributed by atoms with Gasteiger partial charge in [-0.05, 0) is 45.0 Å². The minimum Gasteiger partial charge on any atom is -0.319 e. The molecule has 1 amide bonds. The summed E-state index contributed by atoms with van der Waals surface area (Å²) in [7, 11) is 0. The van der Waals surface area contributed by atoms with E-state index in [1.807, 2.05) is 66.7 Å². The van der Waals surface area contributed by atoms with E-state index in [1.54, 1.807) is 6.20 Å². The second kappa shape index (κ2) is 6.83. The Kier molecular flexibility index (Phi) is 4.49. The molecular weight excluding hydrogens is 382 g/mol. The maximum atomic E-state index is 12.7. The summed E-state index contributed by atoms with van der Waals surface area (Å²) in [5, 5.41) is 13.4. The molecule has 0 fully saturated rings. The van der Waals surface area contributed by atoms with Gasteiger partial charge in [-0.1, -0.05) is 17.7 Å². The summed E-state index contributed by atoms with van der Waals surface area (Å²) in [6.07, 6.45) is 3.49. The zero-order valence-electron chi connectivity index (χ0n) is 15.1. The minimum absolute atomic E-state index is 0.156. The van der Waals surface area contributed by atoms with E-state index < -0.39 is 0 Å². The first-order valence-electron chi connectivity index (χ1n) is 8.53. The highest BCUT2D eigenvalue weighted by Crippen LogP contribution is 2.31. The van der Waals surface area contributed by atoms with E-state index >= 15 is 0 Å². The van der Waals surface area contributed by atoms with Crippen LogP contribution in [0.2, 0.25) is 5.02 Å². The molecule has 3 heterocycles. The molecule has 0 atom stereocenters. The fourth-order valence-corrected chi connectivity index (χ4v) is 4.08. The summed E-state index contributed by atoms with van der Waals surface area (Å²) in [5.74, 6) is -0.156. The van der Waals surface area contributed by atoms with Gasteiger partial charge in [-0.2, -0.15) is 10.2 Å². The molecule has 8 heteroatoms. The molecule has 0 saturated heterocycles. The fourth-order valence-electron chi connectivity index (χ4n) is 2.82. The maximum Gasteiger partial charge on any atom is 0.265 e. The van der Waals surface area contributed by atoms with Gasteiger partial charge in [-0.25, -0.2) is 4.68 Å². The van der Waals surface area contributed by atoms with Gasteiger partial charge in [-0.15, -0.1) is 11.3 Å². The number of nitrogens with zero attached hydrogens (tertiary/aromatic N) is 4. The van der Waals surface area contributed by atoms with Crippen LogP contribution < -0.4 is 5.32 Å². The number of hydrogen-bond acceptors (Lipinski definition) is 4. The predicted octanol–water partition coefficient (Wildman–Crippen LogP) is 5.08. The number of anilines is 1. The van der Waals surface area contributed by atoms with E-state index in [0.717, 1.165) is 21.6 Å². The van der Waals surface area contributed by atoms with Gasteiger partial charge < -0.3 is 5.32 Å². The molecule has 0 aliphatic carbocycles. The summed E-state index contributed by atoms with van der Waals surface area (Å²) in [6, 6.07) is 9.62. The van der Waals surface area contributed by atoms with Crippen LogP contribution >= 0.6 is 22.9 Å². The zero-order valence-corrected chi connectivity index (χ0v) is 16.7. The Hall–Kier alpha value is -2.64. The molecule has 0 saturated carbocycles. The van der Waals surface area contributed by atoms with Crippen LogP contribution in [0.3, 0.4) is 0 Å². The Balaban J connectivity index is 1.67. The molecule has 4 aromatic rings. The topological polar surface area (TPSA) is 64.7 Å². The van der Waals surface area contributed by atoms with E-state index in [-0.39, 0.29) is 11.9 Å². The number of halogens is 1. The van der Waals surface area contributed by atoms with Crippen LogP contribution in [0, 0.1) is 6.92 Å². The van der Waals surface area contributed by atoms with Crippen molar-refractivity contribution in [2.75, 3.05) is 5.32 Å². The van der Waals surface area contributed by atoms with E-state index in [9.17, 15) is 4.79 Å². The van der Waals surface area contributed by atoms with Crippen LogP contribution in [0.15, 0.2) is 42.7 Å². The van der Waals surface area contributed by atoms with Crippen LogP contribution in [0.25, 0.3) is 15.9 Å². The number of rotatable bonds is 4. The van der Waals surface area contributed by atoms with Gasteiger partial charge in [0.2, 0.25) is 0 Å². The highest BCUT2D eigenvalue weighted by atomic mass is 35.5. The highest BCUT2D eigenvalue weighted by molar-refractivity contribution is 7.20. The maximum absolute atomic E-state index is 12.7. The zero-order chi connectivity index (χ0) is 19.1. The molecule has 3 aromatic heterocycles. The first kappa shape index (κ1) is 17.8. The summed E-state index contributed by atoms with van der Waals surface area (Å²) in [6.45, 7) is 6.01. The average Bonchev–Trinajstić information content (AvgIpc) is 3.31. The highest BCUT2D eigenvalue weighted by Gasteiger charge is 2.18. The fraction of sp³-hybridized carbons (Fsp3) is 0.211. The van der Waals surface area contributed by atoms with Crippen molar-refractivity contribution in [2.24, 2.45) is 0 Å². The third-order valence-corrected chi connectivity index (χ3v) is 5.55.